The van der Waals surface area contributed by atoms with Crippen molar-refractivity contribution in [3.8, 4) is 0 Å². The highest BCUT2D eigenvalue weighted by Gasteiger charge is 2.32. The van der Waals surface area contributed by atoms with Gasteiger partial charge < -0.3 is 15.2 Å². The Hall–Kier alpha value is -2.77. The van der Waals surface area contributed by atoms with Gasteiger partial charge in [0.05, 0.1) is 24.1 Å². The molecule has 1 aliphatic rings. The summed E-state index contributed by atoms with van der Waals surface area (Å²) in [5.74, 6) is 0.408. The Labute approximate surface area is 133 Å². The summed E-state index contributed by atoms with van der Waals surface area (Å²) in [4.78, 5) is 40.9. The average molecular weight is 314 g/mol. The molecule has 1 fully saturated rings. The second kappa shape index (κ2) is 6.15. The number of nitrogens with zero attached hydrogens (tertiary/aromatic N) is 4. The summed E-state index contributed by atoms with van der Waals surface area (Å²) in [7, 11) is 1.77. The number of aryl methyl sites for hydroxylation is 1. The molecule has 2 aromatic heterocycles. The van der Waals surface area contributed by atoms with E-state index in [0.29, 0.717) is 18.1 Å². The van der Waals surface area contributed by atoms with Crippen LogP contribution >= 0.6 is 0 Å². The molecule has 1 saturated heterocycles. The molecule has 0 aromatic carbocycles. The summed E-state index contributed by atoms with van der Waals surface area (Å²) in [5, 5.41) is 2.95. The molecule has 2 aromatic rings. The fourth-order valence-corrected chi connectivity index (χ4v) is 2.82. The lowest BCUT2D eigenvalue weighted by atomic mass is 10.1. The van der Waals surface area contributed by atoms with Gasteiger partial charge in [0.1, 0.15) is 11.5 Å². The number of aromatic amines is 1. The van der Waals surface area contributed by atoms with Crippen LogP contribution in [0.3, 0.4) is 0 Å². The first-order valence-electron chi connectivity index (χ1n) is 7.47. The first kappa shape index (κ1) is 15.1. The number of rotatable bonds is 3. The zero-order chi connectivity index (χ0) is 16.4. The van der Waals surface area contributed by atoms with E-state index in [-0.39, 0.29) is 17.6 Å². The molecule has 8 heteroatoms. The van der Waals surface area contributed by atoms with E-state index in [2.05, 4.69) is 25.3 Å². The third kappa shape index (κ3) is 3.05. The number of likely N-dealkylation sites (tertiary alicyclic amines) is 1. The van der Waals surface area contributed by atoms with Crippen molar-refractivity contribution in [3.05, 3.63) is 46.0 Å². The number of carbonyl (C=O) groups is 1. The van der Waals surface area contributed by atoms with Gasteiger partial charge in [-0.25, -0.2) is 9.78 Å². The summed E-state index contributed by atoms with van der Waals surface area (Å²) in [5.41, 5.74) is 1.00. The van der Waals surface area contributed by atoms with Crippen LogP contribution in [0.15, 0.2) is 23.3 Å². The van der Waals surface area contributed by atoms with Gasteiger partial charge in [0.25, 0.3) is 5.91 Å². The normalized spacial score (nSPS) is 17.3. The molecule has 1 amide bonds. The van der Waals surface area contributed by atoms with Crippen LogP contribution in [0.25, 0.3) is 0 Å². The fourth-order valence-electron chi connectivity index (χ4n) is 2.82. The number of hydrogen-bond acceptors (Lipinski definition) is 6. The smallest absolute Gasteiger partial charge is 0.345 e. The average Bonchev–Trinajstić information content (AvgIpc) is 3.03. The van der Waals surface area contributed by atoms with Gasteiger partial charge in [0.2, 0.25) is 0 Å². The van der Waals surface area contributed by atoms with Crippen molar-refractivity contribution >= 4 is 11.7 Å². The molecule has 0 spiro atoms. The van der Waals surface area contributed by atoms with Crippen LogP contribution in [0.4, 0.5) is 5.82 Å². The Morgan fingerprint density at radius 2 is 2.22 bits per heavy atom. The third-order valence-electron chi connectivity index (χ3n) is 3.86. The molecule has 0 unspecified atom stereocenters. The third-order valence-corrected chi connectivity index (χ3v) is 3.86. The molecule has 1 aliphatic heterocycles. The Morgan fingerprint density at radius 3 is 2.96 bits per heavy atom. The standard InChI is InChI=1S/C15H18N6O2/c1-9-6-10(20-15(23)18-9)14(22)21-5-3-4-12(21)11-7-17-8-13(16-2)19-11/h6-8,12H,3-5H2,1-2H3,(H,16,19)(H,18,20,23)/t12-/m1/s1. The van der Waals surface area contributed by atoms with Crippen molar-refractivity contribution in [2.45, 2.75) is 25.8 Å². The Morgan fingerprint density at radius 1 is 1.39 bits per heavy atom. The lowest BCUT2D eigenvalue weighted by Gasteiger charge is -2.24. The second-order valence-corrected chi connectivity index (χ2v) is 5.49. The van der Waals surface area contributed by atoms with Crippen LogP contribution in [0, 0.1) is 6.92 Å². The minimum atomic E-state index is -0.513. The molecule has 0 aliphatic carbocycles. The number of amides is 1. The van der Waals surface area contributed by atoms with Gasteiger partial charge in [-0.1, -0.05) is 0 Å². The number of carbonyl (C=O) groups excluding carboxylic acids is 1. The van der Waals surface area contributed by atoms with Crippen molar-refractivity contribution in [3.63, 3.8) is 0 Å². The van der Waals surface area contributed by atoms with E-state index < -0.39 is 5.69 Å². The topological polar surface area (TPSA) is 104 Å². The number of nitrogens with one attached hydrogen (secondary N) is 2. The number of aromatic nitrogens is 4. The summed E-state index contributed by atoms with van der Waals surface area (Å²) in [6.07, 6.45) is 5.00. The summed E-state index contributed by atoms with van der Waals surface area (Å²) >= 11 is 0. The lowest BCUT2D eigenvalue weighted by molar-refractivity contribution is 0.0726. The zero-order valence-electron chi connectivity index (χ0n) is 13.0. The fraction of sp³-hybridized carbons (Fsp3) is 0.400. The lowest BCUT2D eigenvalue weighted by Crippen LogP contribution is -2.33. The predicted octanol–water partition coefficient (Wildman–Crippen LogP) is 0.887. The Balaban J connectivity index is 1.91. The van der Waals surface area contributed by atoms with E-state index in [0.717, 1.165) is 18.5 Å². The second-order valence-electron chi connectivity index (χ2n) is 5.49. The highest BCUT2D eigenvalue weighted by Crippen LogP contribution is 2.31. The molecule has 1 atom stereocenters. The maximum atomic E-state index is 12.7. The molecule has 0 radical (unpaired) electrons. The predicted molar refractivity (Wildman–Crippen MR) is 84.2 cm³/mol. The van der Waals surface area contributed by atoms with Crippen LogP contribution in [-0.2, 0) is 0 Å². The maximum Gasteiger partial charge on any atom is 0.345 e. The molecule has 3 rings (SSSR count). The zero-order valence-corrected chi connectivity index (χ0v) is 13.0. The van der Waals surface area contributed by atoms with E-state index in [4.69, 9.17) is 0 Å². The van der Waals surface area contributed by atoms with Crippen LogP contribution in [0.5, 0.6) is 0 Å². The minimum Gasteiger partial charge on any atom is -0.372 e. The summed E-state index contributed by atoms with van der Waals surface area (Å²) in [6, 6.07) is 1.44. The maximum absolute atomic E-state index is 12.7. The summed E-state index contributed by atoms with van der Waals surface area (Å²) in [6.45, 7) is 2.34. The van der Waals surface area contributed by atoms with Crippen molar-refractivity contribution < 1.29 is 4.79 Å². The SMILES string of the molecule is CNc1cncc([C@H]2CCCN2C(=O)c2cc(C)[nH]c(=O)n2)n1. The first-order chi connectivity index (χ1) is 11.1. The number of H-pyrrole nitrogens is 1. The van der Waals surface area contributed by atoms with Crippen LogP contribution in [-0.4, -0.2) is 44.3 Å². The molecular formula is C15H18N6O2. The molecule has 0 saturated carbocycles. The van der Waals surface area contributed by atoms with E-state index in [1.54, 1.807) is 37.3 Å². The van der Waals surface area contributed by atoms with Crippen molar-refractivity contribution in [1.29, 1.82) is 0 Å². The monoisotopic (exact) mass is 314 g/mol. The van der Waals surface area contributed by atoms with Gasteiger partial charge >= 0.3 is 5.69 Å². The molecule has 8 nitrogen and oxygen atoms in total. The van der Waals surface area contributed by atoms with Gasteiger partial charge in [-0.15, -0.1) is 0 Å². The largest absolute Gasteiger partial charge is 0.372 e. The molecule has 0 bridgehead atoms. The van der Waals surface area contributed by atoms with E-state index in [1.807, 2.05) is 0 Å². The molecule has 120 valence electrons. The van der Waals surface area contributed by atoms with Crippen LogP contribution in [0.1, 0.15) is 40.8 Å². The van der Waals surface area contributed by atoms with Gasteiger partial charge in [-0.2, -0.15) is 4.98 Å². The Kier molecular flexibility index (Phi) is 4.05. The highest BCUT2D eigenvalue weighted by atomic mass is 16.2. The van der Waals surface area contributed by atoms with Gasteiger partial charge in [0, 0.05) is 19.3 Å². The minimum absolute atomic E-state index is 0.148. The number of anilines is 1. The van der Waals surface area contributed by atoms with Gasteiger partial charge in [0.15, 0.2) is 0 Å². The van der Waals surface area contributed by atoms with E-state index in [1.165, 1.54) is 0 Å². The molecular weight excluding hydrogens is 296 g/mol. The van der Waals surface area contributed by atoms with Crippen molar-refractivity contribution in [2.75, 3.05) is 18.9 Å². The summed E-state index contributed by atoms with van der Waals surface area (Å²) < 4.78 is 0. The van der Waals surface area contributed by atoms with Crippen molar-refractivity contribution in [2.24, 2.45) is 0 Å². The molecule has 23 heavy (non-hydrogen) atoms. The van der Waals surface area contributed by atoms with Gasteiger partial charge in [-0.05, 0) is 25.8 Å². The van der Waals surface area contributed by atoms with E-state index in [9.17, 15) is 9.59 Å². The van der Waals surface area contributed by atoms with Crippen molar-refractivity contribution in [1.82, 2.24) is 24.8 Å². The van der Waals surface area contributed by atoms with Gasteiger partial charge in [-0.3, -0.25) is 9.78 Å². The Bertz CT molecular complexity index is 788. The molecule has 3 heterocycles. The van der Waals surface area contributed by atoms with Crippen LogP contribution in [0.2, 0.25) is 0 Å². The van der Waals surface area contributed by atoms with Crippen LogP contribution < -0.4 is 11.0 Å². The quantitative estimate of drug-likeness (QED) is 0.872. The molecule has 2 N–H and O–H groups in total. The van der Waals surface area contributed by atoms with E-state index >= 15 is 0 Å². The highest BCUT2D eigenvalue weighted by molar-refractivity contribution is 5.92. The first-order valence-corrected chi connectivity index (χ1v) is 7.47. The number of hydrogen-bond donors (Lipinski definition) is 2.